The lowest BCUT2D eigenvalue weighted by Crippen LogP contribution is -2.08. The van der Waals surface area contributed by atoms with E-state index in [1.54, 1.807) is 0 Å². The Morgan fingerprint density at radius 3 is 2.00 bits per heavy atom. The highest BCUT2D eigenvalue weighted by atomic mass is 16.5. The molecule has 2 aromatic carbocycles. The molecule has 0 saturated heterocycles. The van der Waals surface area contributed by atoms with Gasteiger partial charge in [0.15, 0.2) is 0 Å². The summed E-state index contributed by atoms with van der Waals surface area (Å²) in [6.07, 6.45) is 1.08. The zero-order valence-electron chi connectivity index (χ0n) is 10.9. The molecule has 0 N–H and O–H groups in total. The summed E-state index contributed by atoms with van der Waals surface area (Å²) in [5.74, 6) is 0.552. The fourth-order valence-electron chi connectivity index (χ4n) is 2.03. The van der Waals surface area contributed by atoms with Crippen LogP contribution in [0.25, 0.3) is 0 Å². The summed E-state index contributed by atoms with van der Waals surface area (Å²) in [4.78, 5) is 0. The fourth-order valence-corrected chi connectivity index (χ4v) is 2.03. The zero-order chi connectivity index (χ0) is 12.6. The van der Waals surface area contributed by atoms with Gasteiger partial charge in [0.1, 0.15) is 0 Å². The van der Waals surface area contributed by atoms with E-state index < -0.39 is 0 Å². The number of hydrogen-bond donors (Lipinski definition) is 0. The van der Waals surface area contributed by atoms with Crippen molar-refractivity contribution < 1.29 is 4.74 Å². The number of ether oxygens (including phenoxy) is 1. The Labute approximate surface area is 109 Å². The molecule has 94 valence electrons. The maximum absolute atomic E-state index is 5.75. The Morgan fingerprint density at radius 2 is 1.39 bits per heavy atom. The fraction of sp³-hybridized carbons (Fsp3) is 0.294. The molecule has 0 spiro atoms. The lowest BCUT2D eigenvalue weighted by atomic mass is 10.0. The molecule has 18 heavy (non-hydrogen) atoms. The summed E-state index contributed by atoms with van der Waals surface area (Å²) in [5, 5.41) is 0. The number of rotatable bonds is 6. The predicted octanol–water partition coefficient (Wildman–Crippen LogP) is 4.08. The van der Waals surface area contributed by atoms with E-state index in [9.17, 15) is 0 Å². The van der Waals surface area contributed by atoms with E-state index in [2.05, 4.69) is 49.4 Å². The highest BCUT2D eigenvalue weighted by molar-refractivity contribution is 5.15. The van der Waals surface area contributed by atoms with E-state index in [1.165, 1.54) is 11.1 Å². The molecule has 0 amide bonds. The first kappa shape index (κ1) is 12.8. The standard InChI is InChI=1S/C17H20O/c1-15(12-16-8-4-2-5-9-16)13-18-14-17-10-6-3-7-11-17/h2-11,15H,12-14H2,1H3. The SMILES string of the molecule is CC(COCc1ccccc1)Cc1ccccc1. The second-order valence-electron chi connectivity index (χ2n) is 4.80. The minimum absolute atomic E-state index is 0.552. The number of hydrogen-bond acceptors (Lipinski definition) is 1. The normalized spacial score (nSPS) is 12.3. The van der Waals surface area contributed by atoms with Crippen molar-refractivity contribution in [3.8, 4) is 0 Å². The number of benzene rings is 2. The van der Waals surface area contributed by atoms with E-state index in [0.717, 1.165) is 13.0 Å². The molecule has 1 atom stereocenters. The van der Waals surface area contributed by atoms with Crippen molar-refractivity contribution in [3.05, 3.63) is 71.8 Å². The molecule has 1 nitrogen and oxygen atoms in total. The van der Waals surface area contributed by atoms with E-state index in [1.807, 2.05) is 18.2 Å². The quantitative estimate of drug-likeness (QED) is 0.739. The van der Waals surface area contributed by atoms with Crippen LogP contribution in [0.5, 0.6) is 0 Å². The van der Waals surface area contributed by atoms with Crippen LogP contribution in [-0.2, 0) is 17.8 Å². The summed E-state index contributed by atoms with van der Waals surface area (Å²) in [6.45, 7) is 3.75. The highest BCUT2D eigenvalue weighted by Crippen LogP contribution is 2.09. The molecular formula is C17H20O. The molecule has 0 aromatic heterocycles. The molecule has 1 unspecified atom stereocenters. The third-order valence-corrected chi connectivity index (χ3v) is 2.94. The van der Waals surface area contributed by atoms with Gasteiger partial charge in [-0.25, -0.2) is 0 Å². The minimum Gasteiger partial charge on any atom is -0.376 e. The largest absolute Gasteiger partial charge is 0.376 e. The summed E-state index contributed by atoms with van der Waals surface area (Å²) in [7, 11) is 0. The van der Waals surface area contributed by atoms with Gasteiger partial charge in [-0.3, -0.25) is 0 Å². The van der Waals surface area contributed by atoms with Crippen molar-refractivity contribution in [3.63, 3.8) is 0 Å². The van der Waals surface area contributed by atoms with Crippen molar-refractivity contribution in [1.29, 1.82) is 0 Å². The Bertz CT molecular complexity index is 436. The molecule has 0 radical (unpaired) electrons. The van der Waals surface area contributed by atoms with Gasteiger partial charge in [0.2, 0.25) is 0 Å². The summed E-state index contributed by atoms with van der Waals surface area (Å²) in [5.41, 5.74) is 2.62. The second-order valence-corrected chi connectivity index (χ2v) is 4.80. The van der Waals surface area contributed by atoms with Crippen LogP contribution in [-0.4, -0.2) is 6.61 Å². The van der Waals surface area contributed by atoms with Gasteiger partial charge in [0.05, 0.1) is 6.61 Å². The van der Waals surface area contributed by atoms with Gasteiger partial charge in [-0.05, 0) is 23.5 Å². The van der Waals surface area contributed by atoms with E-state index in [-0.39, 0.29) is 0 Å². The first-order valence-electron chi connectivity index (χ1n) is 6.50. The average molecular weight is 240 g/mol. The molecule has 0 bridgehead atoms. The monoisotopic (exact) mass is 240 g/mol. The second kappa shape index (κ2) is 6.97. The first-order valence-corrected chi connectivity index (χ1v) is 6.50. The van der Waals surface area contributed by atoms with Crippen molar-refractivity contribution in [2.75, 3.05) is 6.61 Å². The molecule has 0 saturated carbocycles. The van der Waals surface area contributed by atoms with Crippen LogP contribution >= 0.6 is 0 Å². The molecule has 0 aliphatic carbocycles. The van der Waals surface area contributed by atoms with E-state index in [4.69, 9.17) is 4.74 Å². The molecule has 0 aliphatic heterocycles. The van der Waals surface area contributed by atoms with Crippen molar-refractivity contribution in [1.82, 2.24) is 0 Å². The van der Waals surface area contributed by atoms with Crippen LogP contribution in [0.15, 0.2) is 60.7 Å². The van der Waals surface area contributed by atoms with Crippen LogP contribution in [0.1, 0.15) is 18.1 Å². The molecule has 0 fully saturated rings. The summed E-state index contributed by atoms with van der Waals surface area (Å²) < 4.78 is 5.75. The van der Waals surface area contributed by atoms with Crippen molar-refractivity contribution >= 4 is 0 Å². The minimum atomic E-state index is 0.552. The molecule has 1 heteroatoms. The van der Waals surface area contributed by atoms with Gasteiger partial charge in [0, 0.05) is 6.61 Å². The third kappa shape index (κ3) is 4.34. The van der Waals surface area contributed by atoms with Gasteiger partial charge >= 0.3 is 0 Å². The van der Waals surface area contributed by atoms with Gasteiger partial charge in [-0.15, -0.1) is 0 Å². The molecule has 0 heterocycles. The van der Waals surface area contributed by atoms with Gasteiger partial charge in [-0.1, -0.05) is 67.6 Å². The Kier molecular flexibility index (Phi) is 4.98. The lowest BCUT2D eigenvalue weighted by molar-refractivity contribution is 0.0922. The molecule has 2 rings (SSSR count). The summed E-state index contributed by atoms with van der Waals surface area (Å²) >= 11 is 0. The molecular weight excluding hydrogens is 220 g/mol. The predicted molar refractivity (Wildman–Crippen MR) is 75.4 cm³/mol. The van der Waals surface area contributed by atoms with Crippen LogP contribution in [0.2, 0.25) is 0 Å². The lowest BCUT2D eigenvalue weighted by Gasteiger charge is -2.12. The third-order valence-electron chi connectivity index (χ3n) is 2.94. The highest BCUT2D eigenvalue weighted by Gasteiger charge is 2.03. The molecule has 0 aliphatic rings. The maximum atomic E-state index is 5.75. The van der Waals surface area contributed by atoms with Crippen LogP contribution in [0.4, 0.5) is 0 Å². The smallest absolute Gasteiger partial charge is 0.0717 e. The topological polar surface area (TPSA) is 9.23 Å². The van der Waals surface area contributed by atoms with Crippen LogP contribution in [0.3, 0.4) is 0 Å². The first-order chi connectivity index (χ1) is 8.84. The van der Waals surface area contributed by atoms with Crippen molar-refractivity contribution in [2.24, 2.45) is 5.92 Å². The van der Waals surface area contributed by atoms with E-state index >= 15 is 0 Å². The zero-order valence-corrected chi connectivity index (χ0v) is 10.9. The Balaban J connectivity index is 1.71. The molecule has 2 aromatic rings. The van der Waals surface area contributed by atoms with Crippen LogP contribution < -0.4 is 0 Å². The average Bonchev–Trinajstić information content (AvgIpc) is 2.41. The van der Waals surface area contributed by atoms with Crippen LogP contribution in [0, 0.1) is 5.92 Å². The van der Waals surface area contributed by atoms with E-state index in [0.29, 0.717) is 12.5 Å². The van der Waals surface area contributed by atoms with Gasteiger partial charge in [0.25, 0.3) is 0 Å². The maximum Gasteiger partial charge on any atom is 0.0717 e. The summed E-state index contributed by atoms with van der Waals surface area (Å²) in [6, 6.07) is 20.9. The van der Waals surface area contributed by atoms with Gasteiger partial charge < -0.3 is 4.74 Å². The van der Waals surface area contributed by atoms with Crippen molar-refractivity contribution in [2.45, 2.75) is 20.0 Å². The Morgan fingerprint density at radius 1 is 0.833 bits per heavy atom. The van der Waals surface area contributed by atoms with Gasteiger partial charge in [-0.2, -0.15) is 0 Å². The Hall–Kier alpha value is -1.60.